The van der Waals surface area contributed by atoms with E-state index in [0.717, 1.165) is 6.08 Å². The smallest absolute Gasteiger partial charge is 0.289 e. The van der Waals surface area contributed by atoms with Crippen LogP contribution < -0.4 is 0 Å². The van der Waals surface area contributed by atoms with E-state index in [1.165, 1.54) is 6.08 Å². The van der Waals surface area contributed by atoms with Crippen LogP contribution in [0.4, 0.5) is 17.6 Å². The van der Waals surface area contributed by atoms with Gasteiger partial charge in [0.25, 0.3) is 0 Å². The van der Waals surface area contributed by atoms with Gasteiger partial charge in [-0.1, -0.05) is 22.0 Å². The van der Waals surface area contributed by atoms with E-state index >= 15 is 0 Å². The van der Waals surface area contributed by atoms with Gasteiger partial charge in [-0.25, -0.2) is 9.38 Å². The van der Waals surface area contributed by atoms with Crippen LogP contribution in [0.15, 0.2) is 40.3 Å². The van der Waals surface area contributed by atoms with E-state index in [4.69, 9.17) is 0 Å². The first-order valence-electron chi connectivity index (χ1n) is 4.45. The maximum absolute atomic E-state index is 13.4. The quantitative estimate of drug-likeness (QED) is 0.499. The molecule has 0 radical (unpaired) electrons. The minimum atomic E-state index is -4.76. The summed E-state index contributed by atoms with van der Waals surface area (Å²) in [5.74, 6) is -1.83. The highest BCUT2D eigenvalue weighted by Crippen LogP contribution is 2.33. The fourth-order valence-corrected chi connectivity index (χ4v) is 1.94. The van der Waals surface area contributed by atoms with Gasteiger partial charge in [-0.05, 0) is 6.08 Å². The van der Waals surface area contributed by atoms with E-state index in [0.29, 0.717) is 6.08 Å². The lowest BCUT2D eigenvalue weighted by Gasteiger charge is -2.19. The van der Waals surface area contributed by atoms with Gasteiger partial charge in [0.2, 0.25) is 0 Å². The third kappa shape index (κ3) is 2.24. The van der Waals surface area contributed by atoms with E-state index in [2.05, 4.69) is 20.9 Å². The van der Waals surface area contributed by atoms with Gasteiger partial charge in [-0.15, -0.1) is 0 Å². The zero-order valence-electron chi connectivity index (χ0n) is 8.05. The van der Waals surface area contributed by atoms with Crippen molar-refractivity contribution in [2.45, 2.75) is 11.0 Å². The molecule has 7 heteroatoms. The molecule has 0 amide bonds. The van der Waals surface area contributed by atoms with Crippen LogP contribution in [-0.4, -0.2) is 22.5 Å². The Morgan fingerprint density at radius 3 is 2.53 bits per heavy atom. The fourth-order valence-electron chi connectivity index (χ4n) is 1.45. The topological polar surface area (TPSA) is 29.4 Å². The molecule has 0 aromatic rings. The number of aliphatic imine (C=N–C) groups is 1. The van der Waals surface area contributed by atoms with Crippen LogP contribution in [0.2, 0.25) is 0 Å². The first-order chi connectivity index (χ1) is 7.79. The first-order valence-corrected chi connectivity index (χ1v) is 5.36. The van der Waals surface area contributed by atoms with Crippen molar-refractivity contribution in [3.05, 3.63) is 35.3 Å². The Balaban J connectivity index is 2.52. The van der Waals surface area contributed by atoms with Crippen LogP contribution >= 0.6 is 15.9 Å². The highest BCUT2D eigenvalue weighted by molar-refractivity contribution is 9.09. The van der Waals surface area contributed by atoms with E-state index in [1.807, 2.05) is 0 Å². The van der Waals surface area contributed by atoms with E-state index < -0.39 is 34.0 Å². The molecule has 0 bridgehead atoms. The fraction of sp³-hybridized carbons (Fsp3) is 0.200. The van der Waals surface area contributed by atoms with Crippen LogP contribution in [0.1, 0.15) is 0 Å². The van der Waals surface area contributed by atoms with Gasteiger partial charge >= 0.3 is 6.18 Å². The average molecular weight is 310 g/mol. The largest absolute Gasteiger partial charge is 0.433 e. The summed E-state index contributed by atoms with van der Waals surface area (Å²) >= 11 is 3.03. The summed E-state index contributed by atoms with van der Waals surface area (Å²) in [4.78, 5) is 14.1. The Labute approximate surface area is 102 Å². The monoisotopic (exact) mass is 309 g/mol. The Kier molecular flexibility index (Phi) is 2.81. The lowest BCUT2D eigenvalue weighted by atomic mass is 9.95. The van der Waals surface area contributed by atoms with Crippen molar-refractivity contribution in [2.24, 2.45) is 4.99 Å². The molecule has 2 rings (SSSR count). The number of nitrogens with zero attached hydrogens (tertiary/aromatic N) is 1. The Morgan fingerprint density at radius 2 is 1.94 bits per heavy atom. The molecule has 0 aromatic heterocycles. The number of alkyl halides is 4. The van der Waals surface area contributed by atoms with Crippen LogP contribution in [0.3, 0.4) is 0 Å². The van der Waals surface area contributed by atoms with E-state index in [-0.39, 0.29) is 5.57 Å². The van der Waals surface area contributed by atoms with Gasteiger partial charge < -0.3 is 0 Å². The summed E-state index contributed by atoms with van der Waals surface area (Å²) in [6.07, 6.45) is -2.05. The number of ketones is 1. The molecule has 1 heterocycles. The number of carbonyl (C=O) groups excluding carboxylic acids is 1. The van der Waals surface area contributed by atoms with Crippen molar-refractivity contribution in [1.82, 2.24) is 0 Å². The number of hydrogen-bond acceptors (Lipinski definition) is 2. The maximum atomic E-state index is 13.4. The second kappa shape index (κ2) is 3.90. The molecule has 1 aliphatic heterocycles. The van der Waals surface area contributed by atoms with Crippen molar-refractivity contribution in [3.63, 3.8) is 0 Å². The molecule has 17 heavy (non-hydrogen) atoms. The maximum Gasteiger partial charge on any atom is 0.433 e. The van der Waals surface area contributed by atoms with E-state index in [9.17, 15) is 22.4 Å². The third-order valence-electron chi connectivity index (χ3n) is 2.17. The summed E-state index contributed by atoms with van der Waals surface area (Å²) in [6.45, 7) is 0. The second-order valence-electron chi connectivity index (χ2n) is 3.39. The minimum Gasteiger partial charge on any atom is -0.289 e. The lowest BCUT2D eigenvalue weighted by Crippen LogP contribution is -2.25. The standard InChI is InChI=1S/C10H4BrF4NO/c11-4-1-5-7(17)3-8(10(13,14)15)16-9(5)6(12)2-4/h1-4H. The van der Waals surface area contributed by atoms with Crippen LogP contribution in [0, 0.1) is 0 Å². The molecule has 2 nitrogen and oxygen atoms in total. The molecule has 0 spiro atoms. The Morgan fingerprint density at radius 1 is 1.29 bits per heavy atom. The molecule has 0 saturated carbocycles. The predicted molar refractivity (Wildman–Crippen MR) is 56.6 cm³/mol. The Bertz CT molecular complexity index is 513. The SMILES string of the molecule is O=C1C=C(C(F)(F)F)N=C2C(F)=CC(Br)C=C12. The van der Waals surface area contributed by atoms with Gasteiger partial charge in [0, 0.05) is 11.6 Å². The molecule has 0 N–H and O–H groups in total. The minimum absolute atomic E-state index is 0.153. The highest BCUT2D eigenvalue weighted by atomic mass is 79.9. The van der Waals surface area contributed by atoms with Gasteiger partial charge in [0.05, 0.1) is 4.83 Å². The van der Waals surface area contributed by atoms with Crippen LogP contribution in [0.5, 0.6) is 0 Å². The van der Waals surface area contributed by atoms with Gasteiger partial charge in [0.15, 0.2) is 5.78 Å². The molecular formula is C10H4BrF4NO. The van der Waals surface area contributed by atoms with Gasteiger partial charge in [-0.3, -0.25) is 4.79 Å². The molecule has 2 aliphatic rings. The van der Waals surface area contributed by atoms with Crippen molar-refractivity contribution in [1.29, 1.82) is 0 Å². The number of rotatable bonds is 0. The number of allylic oxidation sites excluding steroid dienone is 6. The zero-order valence-corrected chi connectivity index (χ0v) is 9.64. The van der Waals surface area contributed by atoms with Crippen molar-refractivity contribution < 1.29 is 22.4 Å². The zero-order chi connectivity index (χ0) is 12.8. The number of carbonyl (C=O) groups is 1. The summed E-state index contributed by atoms with van der Waals surface area (Å²) in [7, 11) is 0. The number of hydrogen-bond donors (Lipinski definition) is 0. The highest BCUT2D eigenvalue weighted by Gasteiger charge is 2.39. The summed E-state index contributed by atoms with van der Waals surface area (Å²) in [5.41, 5.74) is -2.09. The van der Waals surface area contributed by atoms with E-state index in [1.54, 1.807) is 0 Å². The average Bonchev–Trinajstić information content (AvgIpc) is 2.17. The van der Waals surface area contributed by atoms with Gasteiger partial charge in [-0.2, -0.15) is 13.2 Å². The summed E-state index contributed by atoms with van der Waals surface area (Å²) in [5, 5.41) is 0. The number of halogens is 5. The lowest BCUT2D eigenvalue weighted by molar-refractivity contribution is -0.113. The summed E-state index contributed by atoms with van der Waals surface area (Å²) in [6, 6.07) is 0. The van der Waals surface area contributed by atoms with Crippen molar-refractivity contribution in [2.75, 3.05) is 0 Å². The third-order valence-corrected chi connectivity index (χ3v) is 2.70. The molecule has 90 valence electrons. The molecule has 1 unspecified atom stereocenters. The first kappa shape index (κ1) is 12.2. The molecule has 1 aliphatic carbocycles. The molecule has 0 fully saturated rings. The van der Waals surface area contributed by atoms with Crippen LogP contribution in [-0.2, 0) is 4.79 Å². The molecular weight excluding hydrogens is 306 g/mol. The summed E-state index contributed by atoms with van der Waals surface area (Å²) < 4.78 is 50.6. The predicted octanol–water partition coefficient (Wildman–Crippen LogP) is 3.01. The Hall–Kier alpha value is -1.24. The normalized spacial score (nSPS) is 24.5. The molecule has 0 aromatic carbocycles. The van der Waals surface area contributed by atoms with Crippen LogP contribution in [0.25, 0.3) is 0 Å². The second-order valence-corrected chi connectivity index (χ2v) is 4.45. The molecule has 0 saturated heterocycles. The molecule has 1 atom stereocenters. The van der Waals surface area contributed by atoms with Gasteiger partial charge in [0.1, 0.15) is 17.2 Å². The van der Waals surface area contributed by atoms with Crippen molar-refractivity contribution >= 4 is 27.4 Å². The van der Waals surface area contributed by atoms with Crippen molar-refractivity contribution in [3.8, 4) is 0 Å². The number of fused-ring (bicyclic) bond motifs is 1.